The highest BCUT2D eigenvalue weighted by molar-refractivity contribution is 5.69. The molecule has 0 spiro atoms. The van der Waals surface area contributed by atoms with E-state index in [0.29, 0.717) is 30.6 Å². The van der Waals surface area contributed by atoms with Crippen LogP contribution in [0.25, 0.3) is 11.2 Å². The molecule has 2 N–H and O–H groups in total. The summed E-state index contributed by atoms with van der Waals surface area (Å²) in [5.74, 6) is 0. The van der Waals surface area contributed by atoms with Crippen LogP contribution < -0.4 is 11.2 Å². The molecule has 0 saturated heterocycles. The van der Waals surface area contributed by atoms with Gasteiger partial charge in [-0.1, -0.05) is 13.3 Å². The van der Waals surface area contributed by atoms with Crippen LogP contribution in [-0.4, -0.2) is 41.6 Å². The van der Waals surface area contributed by atoms with Crippen LogP contribution in [0, 0.1) is 0 Å². The summed E-state index contributed by atoms with van der Waals surface area (Å²) < 4.78 is 4.37. The van der Waals surface area contributed by atoms with E-state index in [1.807, 2.05) is 6.92 Å². The van der Waals surface area contributed by atoms with Gasteiger partial charge in [0.25, 0.3) is 5.56 Å². The topological polar surface area (TPSA) is 102 Å². The predicted molar refractivity (Wildman–Crippen MR) is 86.5 cm³/mol. The van der Waals surface area contributed by atoms with Crippen molar-refractivity contribution in [2.75, 3.05) is 6.61 Å². The number of hydrogen-bond acceptors (Lipinski definition) is 5. The summed E-state index contributed by atoms with van der Waals surface area (Å²) in [6.45, 7) is 2.44. The molecule has 128 valence electrons. The summed E-state index contributed by atoms with van der Waals surface area (Å²) in [5.41, 5.74) is 0.0929. The number of rotatable bonds is 8. The zero-order valence-corrected chi connectivity index (χ0v) is 13.6. The first-order chi connectivity index (χ1) is 11.0. The molecule has 2 heterocycles. The van der Waals surface area contributed by atoms with Gasteiger partial charge >= 0.3 is 5.69 Å². The molecule has 0 aliphatic carbocycles. The zero-order chi connectivity index (χ0) is 17.0. The van der Waals surface area contributed by atoms with Gasteiger partial charge in [-0.25, -0.2) is 9.78 Å². The molecule has 0 aromatic carbocycles. The average molecular weight is 324 g/mol. The Morgan fingerprint density at radius 1 is 1.22 bits per heavy atom. The zero-order valence-electron chi connectivity index (χ0n) is 13.6. The maximum absolute atomic E-state index is 12.6. The van der Waals surface area contributed by atoms with E-state index in [4.69, 9.17) is 5.11 Å². The van der Waals surface area contributed by atoms with Crippen LogP contribution in [0.4, 0.5) is 0 Å². The van der Waals surface area contributed by atoms with Crippen LogP contribution in [0.2, 0.25) is 0 Å². The molecular formula is C15H24N4O4. The van der Waals surface area contributed by atoms with E-state index < -0.39 is 6.10 Å². The Kier molecular flexibility index (Phi) is 5.73. The third-order valence-electron chi connectivity index (χ3n) is 3.95. The first kappa shape index (κ1) is 17.4. The number of aryl methyl sites for hydroxylation is 2. The first-order valence-electron chi connectivity index (χ1n) is 7.94. The Morgan fingerprint density at radius 2 is 1.91 bits per heavy atom. The van der Waals surface area contributed by atoms with Crippen molar-refractivity contribution in [1.29, 1.82) is 0 Å². The van der Waals surface area contributed by atoms with Gasteiger partial charge in [0.1, 0.15) is 0 Å². The maximum Gasteiger partial charge on any atom is 0.332 e. The molecule has 0 saturated carbocycles. The minimum atomic E-state index is -0.826. The largest absolute Gasteiger partial charge is 0.394 e. The summed E-state index contributed by atoms with van der Waals surface area (Å²) >= 11 is 0. The van der Waals surface area contributed by atoms with E-state index in [9.17, 15) is 14.7 Å². The van der Waals surface area contributed by atoms with Gasteiger partial charge in [-0.05, 0) is 19.3 Å². The van der Waals surface area contributed by atoms with Crippen molar-refractivity contribution in [3.63, 3.8) is 0 Å². The van der Waals surface area contributed by atoms with Crippen LogP contribution in [0.3, 0.4) is 0 Å². The van der Waals surface area contributed by atoms with Crippen molar-refractivity contribution in [1.82, 2.24) is 18.7 Å². The number of aliphatic hydroxyl groups excluding tert-OH is 2. The number of imidazole rings is 1. The molecule has 23 heavy (non-hydrogen) atoms. The van der Waals surface area contributed by atoms with Gasteiger partial charge in [-0.2, -0.15) is 0 Å². The van der Waals surface area contributed by atoms with E-state index in [1.165, 1.54) is 10.9 Å². The molecule has 2 rings (SSSR count). The van der Waals surface area contributed by atoms with Gasteiger partial charge in [-0.15, -0.1) is 0 Å². The molecule has 0 fully saturated rings. The molecule has 2 aromatic rings. The highest BCUT2D eigenvalue weighted by Crippen LogP contribution is 2.07. The molecule has 1 unspecified atom stereocenters. The number of fused-ring (bicyclic) bond motifs is 1. The fraction of sp³-hybridized carbons (Fsp3) is 0.667. The van der Waals surface area contributed by atoms with Crippen molar-refractivity contribution in [3.05, 3.63) is 27.2 Å². The normalized spacial score (nSPS) is 12.9. The molecule has 0 aliphatic heterocycles. The first-order valence-corrected chi connectivity index (χ1v) is 7.94. The fourth-order valence-electron chi connectivity index (χ4n) is 2.60. The maximum atomic E-state index is 12.6. The Labute approximate surface area is 133 Å². The SMILES string of the molecule is CCCCn1c(=O)n(CCCC(O)CO)c(=O)c2c1ncn2C. The number of hydrogen-bond donors (Lipinski definition) is 2. The second-order valence-corrected chi connectivity index (χ2v) is 5.75. The lowest BCUT2D eigenvalue weighted by molar-refractivity contribution is 0.0854. The van der Waals surface area contributed by atoms with Crippen LogP contribution in [0.1, 0.15) is 32.6 Å². The van der Waals surface area contributed by atoms with E-state index in [0.717, 1.165) is 12.8 Å². The Bertz CT molecular complexity index is 774. The Hall–Kier alpha value is -1.93. The van der Waals surface area contributed by atoms with Crippen LogP contribution in [-0.2, 0) is 20.1 Å². The van der Waals surface area contributed by atoms with E-state index >= 15 is 0 Å². The fourth-order valence-corrected chi connectivity index (χ4v) is 2.60. The minimum absolute atomic E-state index is 0.210. The Balaban J connectivity index is 2.44. The van der Waals surface area contributed by atoms with Gasteiger partial charge < -0.3 is 14.8 Å². The van der Waals surface area contributed by atoms with Crippen LogP contribution in [0.5, 0.6) is 0 Å². The number of unbranched alkanes of at least 4 members (excludes halogenated alkanes) is 1. The second kappa shape index (κ2) is 7.56. The van der Waals surface area contributed by atoms with Crippen LogP contribution in [0.15, 0.2) is 15.9 Å². The van der Waals surface area contributed by atoms with Gasteiger partial charge in [-0.3, -0.25) is 13.9 Å². The molecular weight excluding hydrogens is 300 g/mol. The van der Waals surface area contributed by atoms with Gasteiger partial charge in [0, 0.05) is 20.1 Å². The molecule has 0 radical (unpaired) electrons. The van der Waals surface area contributed by atoms with E-state index in [1.54, 1.807) is 16.2 Å². The highest BCUT2D eigenvalue weighted by Gasteiger charge is 2.16. The smallest absolute Gasteiger partial charge is 0.332 e. The molecule has 8 nitrogen and oxygen atoms in total. The summed E-state index contributed by atoms with van der Waals surface area (Å²) in [5, 5.41) is 18.2. The number of aromatic nitrogens is 4. The summed E-state index contributed by atoms with van der Waals surface area (Å²) in [4.78, 5) is 29.4. The molecule has 1 atom stereocenters. The minimum Gasteiger partial charge on any atom is -0.394 e. The van der Waals surface area contributed by atoms with Gasteiger partial charge in [0.15, 0.2) is 11.2 Å². The van der Waals surface area contributed by atoms with Gasteiger partial charge in [0.05, 0.1) is 19.0 Å². The number of nitrogens with zero attached hydrogens (tertiary/aromatic N) is 4. The lowest BCUT2D eigenvalue weighted by Gasteiger charge is -2.12. The lowest BCUT2D eigenvalue weighted by Crippen LogP contribution is -2.40. The van der Waals surface area contributed by atoms with E-state index in [-0.39, 0.29) is 24.4 Å². The summed E-state index contributed by atoms with van der Waals surface area (Å²) in [6.07, 6.45) is 3.24. The standard InChI is InChI=1S/C15H24N4O4/c1-3-4-7-18-13-12(17(2)10-16-13)14(22)19(15(18)23)8-5-6-11(21)9-20/h10-11,20-21H,3-9H2,1-2H3. The van der Waals surface area contributed by atoms with Crippen molar-refractivity contribution in [2.45, 2.75) is 51.8 Å². The third kappa shape index (κ3) is 3.53. The molecule has 8 heteroatoms. The molecule has 2 aromatic heterocycles. The number of aliphatic hydroxyl groups is 2. The van der Waals surface area contributed by atoms with Crippen molar-refractivity contribution >= 4 is 11.2 Å². The predicted octanol–water partition coefficient (Wildman–Crippen LogP) is -0.170. The quantitative estimate of drug-likeness (QED) is 0.702. The molecule has 0 bridgehead atoms. The van der Waals surface area contributed by atoms with Crippen molar-refractivity contribution < 1.29 is 10.2 Å². The van der Waals surface area contributed by atoms with Gasteiger partial charge in [0.2, 0.25) is 0 Å². The summed E-state index contributed by atoms with van der Waals surface area (Å²) in [7, 11) is 1.73. The van der Waals surface area contributed by atoms with Crippen LogP contribution >= 0.6 is 0 Å². The van der Waals surface area contributed by atoms with Crippen molar-refractivity contribution in [3.8, 4) is 0 Å². The molecule has 0 aliphatic rings. The lowest BCUT2D eigenvalue weighted by atomic mass is 10.2. The monoisotopic (exact) mass is 324 g/mol. The Morgan fingerprint density at radius 3 is 2.57 bits per heavy atom. The summed E-state index contributed by atoms with van der Waals surface area (Å²) in [6, 6.07) is 0. The van der Waals surface area contributed by atoms with E-state index in [2.05, 4.69) is 4.98 Å². The average Bonchev–Trinajstić information content (AvgIpc) is 2.92. The highest BCUT2D eigenvalue weighted by atomic mass is 16.3. The molecule has 0 amide bonds. The third-order valence-corrected chi connectivity index (χ3v) is 3.95. The second-order valence-electron chi connectivity index (χ2n) is 5.75. The van der Waals surface area contributed by atoms with Crippen molar-refractivity contribution in [2.24, 2.45) is 7.05 Å².